The van der Waals surface area contributed by atoms with Gasteiger partial charge in [-0.15, -0.1) is 0 Å². The second-order valence-corrected chi connectivity index (χ2v) is 4.51. The maximum Gasteiger partial charge on any atom is 0.0662 e. The Kier molecular flexibility index (Phi) is 3.82. The Morgan fingerprint density at radius 3 is 2.65 bits per heavy atom. The van der Waals surface area contributed by atoms with Crippen LogP contribution < -0.4 is 5.32 Å². The van der Waals surface area contributed by atoms with E-state index in [2.05, 4.69) is 17.3 Å². The summed E-state index contributed by atoms with van der Waals surface area (Å²) in [5.41, 5.74) is 3.65. The molecule has 1 N–H and O–H groups in total. The molecule has 1 aromatic heterocycles. The molecular weight excluding hydrogens is 234 g/mol. The fraction of sp³-hybridized carbons (Fsp3) is 0.308. The number of nitrogens with zero attached hydrogens (tertiary/aromatic N) is 2. The van der Waals surface area contributed by atoms with Gasteiger partial charge in [0.25, 0.3) is 0 Å². The second kappa shape index (κ2) is 5.34. The third-order valence-corrected chi connectivity index (χ3v) is 3.07. The van der Waals surface area contributed by atoms with E-state index in [-0.39, 0.29) is 0 Å². The molecule has 2 rings (SSSR count). The quantitative estimate of drug-likeness (QED) is 0.903. The summed E-state index contributed by atoms with van der Waals surface area (Å²) in [6.45, 7) is 3.73. The highest BCUT2D eigenvalue weighted by molar-refractivity contribution is 6.30. The molecule has 0 aliphatic heterocycles. The normalized spacial score (nSPS) is 10.8. The summed E-state index contributed by atoms with van der Waals surface area (Å²) in [5.74, 6) is 0. The van der Waals surface area contributed by atoms with E-state index in [1.807, 2.05) is 42.2 Å². The Morgan fingerprint density at radius 1 is 1.29 bits per heavy atom. The zero-order valence-corrected chi connectivity index (χ0v) is 10.8. The van der Waals surface area contributed by atoms with Gasteiger partial charge in [-0.2, -0.15) is 5.10 Å². The molecule has 0 fully saturated rings. The molecule has 1 aromatic carbocycles. The number of rotatable bonds is 4. The number of nitrogens with one attached hydrogen (secondary N) is 1. The molecule has 0 aliphatic rings. The summed E-state index contributed by atoms with van der Waals surface area (Å²) in [6, 6.07) is 7.87. The average molecular weight is 250 g/mol. The van der Waals surface area contributed by atoms with Crippen LogP contribution in [0, 0.1) is 6.92 Å². The minimum absolute atomic E-state index is 0.766. The summed E-state index contributed by atoms with van der Waals surface area (Å²) in [4.78, 5) is 0. The molecule has 0 saturated heterocycles. The van der Waals surface area contributed by atoms with Crippen molar-refractivity contribution in [2.24, 2.45) is 0 Å². The Hall–Kier alpha value is -1.32. The third-order valence-electron chi connectivity index (χ3n) is 2.82. The van der Waals surface area contributed by atoms with Gasteiger partial charge in [0.2, 0.25) is 0 Å². The summed E-state index contributed by atoms with van der Waals surface area (Å²) in [6.07, 6.45) is 1.92. The molecule has 0 unspecified atom stereocenters. The minimum atomic E-state index is 0.766. The van der Waals surface area contributed by atoms with Crippen molar-refractivity contribution in [3.05, 3.63) is 52.3 Å². The van der Waals surface area contributed by atoms with Crippen LogP contribution in [0.1, 0.15) is 16.8 Å². The Morgan fingerprint density at radius 2 is 2.00 bits per heavy atom. The average Bonchev–Trinajstić information content (AvgIpc) is 2.65. The molecule has 0 radical (unpaired) electrons. The van der Waals surface area contributed by atoms with Crippen LogP contribution >= 0.6 is 11.6 Å². The number of halogens is 1. The van der Waals surface area contributed by atoms with E-state index < -0.39 is 0 Å². The van der Waals surface area contributed by atoms with E-state index in [1.165, 1.54) is 16.8 Å². The fourth-order valence-electron chi connectivity index (χ4n) is 1.77. The molecule has 0 amide bonds. The van der Waals surface area contributed by atoms with E-state index in [4.69, 9.17) is 11.6 Å². The number of aromatic nitrogens is 2. The van der Waals surface area contributed by atoms with E-state index in [0.717, 1.165) is 18.1 Å². The molecule has 4 heteroatoms. The van der Waals surface area contributed by atoms with Crippen LogP contribution in [0.3, 0.4) is 0 Å². The Labute approximate surface area is 106 Å². The highest BCUT2D eigenvalue weighted by atomic mass is 35.5. The lowest BCUT2D eigenvalue weighted by molar-refractivity contribution is 0.662. The summed E-state index contributed by atoms with van der Waals surface area (Å²) in [5, 5.41) is 8.30. The standard InChI is InChI=1S/C13H16ClN3/c1-10-12(7-15-2)8-16-17(10)9-11-3-5-13(14)6-4-11/h3-6,8,15H,7,9H2,1-2H3. The van der Waals surface area contributed by atoms with Crippen molar-refractivity contribution < 1.29 is 0 Å². The predicted octanol–water partition coefficient (Wildman–Crippen LogP) is 2.61. The van der Waals surface area contributed by atoms with Gasteiger partial charge < -0.3 is 5.32 Å². The van der Waals surface area contributed by atoms with Crippen LogP contribution in [-0.4, -0.2) is 16.8 Å². The molecule has 17 heavy (non-hydrogen) atoms. The van der Waals surface area contributed by atoms with Crippen LogP contribution in [0.15, 0.2) is 30.5 Å². The van der Waals surface area contributed by atoms with Crippen molar-refractivity contribution in [2.45, 2.75) is 20.0 Å². The molecule has 1 heterocycles. The van der Waals surface area contributed by atoms with Crippen molar-refractivity contribution in [1.29, 1.82) is 0 Å². The Bertz CT molecular complexity index is 488. The fourth-order valence-corrected chi connectivity index (χ4v) is 1.90. The van der Waals surface area contributed by atoms with E-state index in [1.54, 1.807) is 0 Å². The zero-order valence-electron chi connectivity index (χ0n) is 10.1. The summed E-state index contributed by atoms with van der Waals surface area (Å²) in [7, 11) is 1.94. The molecule has 2 aromatic rings. The first-order valence-corrected chi connectivity index (χ1v) is 5.99. The van der Waals surface area contributed by atoms with Crippen LogP contribution in [0.5, 0.6) is 0 Å². The van der Waals surface area contributed by atoms with Gasteiger partial charge in [0.15, 0.2) is 0 Å². The maximum absolute atomic E-state index is 5.86. The lowest BCUT2D eigenvalue weighted by atomic mass is 10.2. The van der Waals surface area contributed by atoms with Crippen molar-refractivity contribution in [3.8, 4) is 0 Å². The smallest absolute Gasteiger partial charge is 0.0662 e. The third kappa shape index (κ3) is 2.87. The van der Waals surface area contributed by atoms with Crippen LogP contribution in [0.2, 0.25) is 5.02 Å². The SMILES string of the molecule is CNCc1cnn(Cc2ccc(Cl)cc2)c1C. The van der Waals surface area contributed by atoms with Crippen molar-refractivity contribution in [2.75, 3.05) is 7.05 Å². The topological polar surface area (TPSA) is 29.9 Å². The zero-order chi connectivity index (χ0) is 12.3. The van der Waals surface area contributed by atoms with Gasteiger partial charge in [-0.25, -0.2) is 0 Å². The van der Waals surface area contributed by atoms with Crippen LogP contribution in [0.25, 0.3) is 0 Å². The Balaban J connectivity index is 2.16. The van der Waals surface area contributed by atoms with Crippen molar-refractivity contribution in [1.82, 2.24) is 15.1 Å². The predicted molar refractivity (Wildman–Crippen MR) is 70.3 cm³/mol. The number of benzene rings is 1. The van der Waals surface area contributed by atoms with Gasteiger partial charge in [0.05, 0.1) is 12.7 Å². The largest absolute Gasteiger partial charge is 0.316 e. The minimum Gasteiger partial charge on any atom is -0.316 e. The van der Waals surface area contributed by atoms with E-state index in [9.17, 15) is 0 Å². The van der Waals surface area contributed by atoms with Gasteiger partial charge in [-0.3, -0.25) is 4.68 Å². The monoisotopic (exact) mass is 249 g/mol. The molecule has 0 spiro atoms. The van der Waals surface area contributed by atoms with Gasteiger partial charge in [0.1, 0.15) is 0 Å². The lowest BCUT2D eigenvalue weighted by Crippen LogP contribution is -2.08. The van der Waals surface area contributed by atoms with Gasteiger partial charge in [-0.05, 0) is 31.7 Å². The lowest BCUT2D eigenvalue weighted by Gasteiger charge is -2.06. The molecular formula is C13H16ClN3. The van der Waals surface area contributed by atoms with Crippen LogP contribution in [-0.2, 0) is 13.1 Å². The van der Waals surface area contributed by atoms with Gasteiger partial charge in [0, 0.05) is 22.8 Å². The number of hydrogen-bond donors (Lipinski definition) is 1. The first-order chi connectivity index (χ1) is 8.20. The molecule has 0 aliphatic carbocycles. The van der Waals surface area contributed by atoms with Crippen molar-refractivity contribution >= 4 is 11.6 Å². The molecule has 0 atom stereocenters. The van der Waals surface area contributed by atoms with Crippen molar-refractivity contribution in [3.63, 3.8) is 0 Å². The first kappa shape index (κ1) is 12.1. The summed E-state index contributed by atoms with van der Waals surface area (Å²) >= 11 is 5.86. The highest BCUT2D eigenvalue weighted by Gasteiger charge is 2.05. The maximum atomic E-state index is 5.86. The summed E-state index contributed by atoms with van der Waals surface area (Å²) < 4.78 is 2.01. The van der Waals surface area contributed by atoms with Gasteiger partial charge in [-0.1, -0.05) is 23.7 Å². The highest BCUT2D eigenvalue weighted by Crippen LogP contribution is 2.13. The van der Waals surface area contributed by atoms with Gasteiger partial charge >= 0.3 is 0 Å². The first-order valence-electron chi connectivity index (χ1n) is 5.61. The van der Waals surface area contributed by atoms with E-state index in [0.29, 0.717) is 0 Å². The second-order valence-electron chi connectivity index (χ2n) is 4.07. The van der Waals surface area contributed by atoms with Crippen LogP contribution in [0.4, 0.5) is 0 Å². The molecule has 0 saturated carbocycles. The molecule has 0 bridgehead atoms. The molecule has 90 valence electrons. The number of hydrogen-bond acceptors (Lipinski definition) is 2. The van der Waals surface area contributed by atoms with E-state index >= 15 is 0 Å². The molecule has 3 nitrogen and oxygen atoms in total.